The number of nitrogen functional groups attached to an aromatic ring is 1. The Bertz CT molecular complexity index is 1440. The van der Waals surface area contributed by atoms with Crippen LogP contribution in [0.5, 0.6) is 0 Å². The summed E-state index contributed by atoms with van der Waals surface area (Å²) in [5.41, 5.74) is 10.2. The number of piperazine rings is 1. The van der Waals surface area contributed by atoms with Gasteiger partial charge in [0.1, 0.15) is 5.82 Å². The normalized spacial score (nSPS) is 14.6. The first-order valence-electron chi connectivity index (χ1n) is 11.5. The molecule has 0 unspecified atom stereocenters. The summed E-state index contributed by atoms with van der Waals surface area (Å²) < 4.78 is 1.75. The molecule has 2 N–H and O–H groups in total. The van der Waals surface area contributed by atoms with Gasteiger partial charge in [-0.2, -0.15) is 4.98 Å². The van der Waals surface area contributed by atoms with E-state index < -0.39 is 0 Å². The zero-order chi connectivity index (χ0) is 23.8. The smallest absolute Gasteiger partial charge is 0.228 e. The van der Waals surface area contributed by atoms with E-state index in [1.165, 1.54) is 5.56 Å². The first-order chi connectivity index (χ1) is 17.2. The fourth-order valence-electron chi connectivity index (χ4n) is 4.45. The first-order valence-corrected chi connectivity index (χ1v) is 12.8. The van der Waals surface area contributed by atoms with E-state index >= 15 is 0 Å². The number of nitrogens with two attached hydrogens (primary N) is 1. The van der Waals surface area contributed by atoms with Gasteiger partial charge in [-0.25, -0.2) is 9.67 Å². The molecule has 0 saturated carbocycles. The highest BCUT2D eigenvalue weighted by molar-refractivity contribution is 7.13. The van der Waals surface area contributed by atoms with Crippen LogP contribution in [0.25, 0.3) is 27.3 Å². The molecule has 1 fully saturated rings. The Hall–Kier alpha value is -3.46. The van der Waals surface area contributed by atoms with Crippen LogP contribution in [0.2, 0.25) is 5.02 Å². The number of thiophene rings is 1. The molecule has 1 aliphatic rings. The molecule has 0 spiro atoms. The monoisotopic (exact) mass is 501 g/mol. The molecule has 2 aromatic carbocycles. The van der Waals surface area contributed by atoms with E-state index in [9.17, 15) is 0 Å². The summed E-state index contributed by atoms with van der Waals surface area (Å²) in [6.45, 7) is 4.46. The number of aromatic nitrogens is 4. The summed E-state index contributed by atoms with van der Waals surface area (Å²) in [6.07, 6.45) is 0. The third-order valence-electron chi connectivity index (χ3n) is 6.29. The number of hydrogen-bond acceptors (Lipinski definition) is 7. The maximum absolute atomic E-state index is 6.60. The van der Waals surface area contributed by atoms with E-state index in [-0.39, 0.29) is 0 Å². The average molecular weight is 502 g/mol. The van der Waals surface area contributed by atoms with Gasteiger partial charge in [0.05, 0.1) is 21.6 Å². The Morgan fingerprint density at radius 2 is 1.66 bits per heavy atom. The van der Waals surface area contributed by atoms with Gasteiger partial charge in [0.15, 0.2) is 5.65 Å². The SMILES string of the molecule is Nc1c2c(-c3cccs3)nc(N3CCN(Cc4ccc(Cl)cc4)CC3)nc2nn1-c1ccccc1. The quantitative estimate of drug-likeness (QED) is 0.361. The second-order valence-electron chi connectivity index (χ2n) is 8.57. The summed E-state index contributed by atoms with van der Waals surface area (Å²) in [5, 5.41) is 8.40. The van der Waals surface area contributed by atoms with Crippen molar-refractivity contribution >= 4 is 45.7 Å². The highest BCUT2D eigenvalue weighted by atomic mass is 35.5. The number of fused-ring (bicyclic) bond motifs is 1. The largest absolute Gasteiger partial charge is 0.383 e. The molecule has 4 heterocycles. The Balaban J connectivity index is 1.31. The van der Waals surface area contributed by atoms with Gasteiger partial charge in [-0.1, -0.05) is 48.0 Å². The van der Waals surface area contributed by atoms with Gasteiger partial charge in [0, 0.05) is 37.7 Å². The van der Waals surface area contributed by atoms with Crippen LogP contribution < -0.4 is 10.6 Å². The van der Waals surface area contributed by atoms with E-state index in [0.29, 0.717) is 17.4 Å². The molecule has 9 heteroatoms. The minimum atomic E-state index is 0.550. The third kappa shape index (κ3) is 4.36. The van der Waals surface area contributed by atoms with Crippen molar-refractivity contribution in [3.05, 3.63) is 82.7 Å². The van der Waals surface area contributed by atoms with Crippen molar-refractivity contribution in [3.8, 4) is 16.3 Å². The first kappa shape index (κ1) is 22.0. The molecule has 0 radical (unpaired) electrons. The van der Waals surface area contributed by atoms with Crippen molar-refractivity contribution in [1.29, 1.82) is 0 Å². The van der Waals surface area contributed by atoms with Gasteiger partial charge >= 0.3 is 0 Å². The molecule has 3 aromatic heterocycles. The number of para-hydroxylation sites is 1. The molecule has 0 aliphatic carbocycles. The van der Waals surface area contributed by atoms with Crippen molar-refractivity contribution in [2.45, 2.75) is 6.54 Å². The maximum Gasteiger partial charge on any atom is 0.228 e. The minimum Gasteiger partial charge on any atom is -0.383 e. The molecular formula is C26H24ClN7S. The summed E-state index contributed by atoms with van der Waals surface area (Å²) in [4.78, 5) is 15.6. The average Bonchev–Trinajstić information content (AvgIpc) is 3.55. The molecular weight excluding hydrogens is 478 g/mol. The van der Waals surface area contributed by atoms with Crippen molar-refractivity contribution in [1.82, 2.24) is 24.6 Å². The van der Waals surface area contributed by atoms with Crippen molar-refractivity contribution in [2.75, 3.05) is 36.8 Å². The lowest BCUT2D eigenvalue weighted by Gasteiger charge is -2.34. The van der Waals surface area contributed by atoms with Crippen LogP contribution in [0.1, 0.15) is 5.56 Å². The summed E-state index contributed by atoms with van der Waals surface area (Å²) in [5.74, 6) is 1.25. The van der Waals surface area contributed by atoms with E-state index in [2.05, 4.69) is 33.4 Å². The van der Waals surface area contributed by atoms with Crippen LogP contribution in [0.4, 0.5) is 11.8 Å². The molecule has 1 saturated heterocycles. The van der Waals surface area contributed by atoms with Gasteiger partial charge in [-0.05, 0) is 41.3 Å². The number of nitrogens with zero attached hydrogens (tertiary/aromatic N) is 6. The molecule has 0 atom stereocenters. The maximum atomic E-state index is 6.60. The van der Waals surface area contributed by atoms with E-state index in [1.54, 1.807) is 16.0 Å². The summed E-state index contributed by atoms with van der Waals surface area (Å²) >= 11 is 7.67. The number of hydrogen-bond donors (Lipinski definition) is 1. The Labute approximate surface area is 212 Å². The van der Waals surface area contributed by atoms with Crippen LogP contribution in [-0.2, 0) is 6.54 Å². The predicted molar refractivity (Wildman–Crippen MR) is 143 cm³/mol. The van der Waals surface area contributed by atoms with Crippen LogP contribution in [-0.4, -0.2) is 50.8 Å². The predicted octanol–water partition coefficient (Wildman–Crippen LogP) is 5.10. The number of halogens is 1. The van der Waals surface area contributed by atoms with Crippen LogP contribution >= 0.6 is 22.9 Å². The van der Waals surface area contributed by atoms with Crippen LogP contribution in [0.15, 0.2) is 72.1 Å². The highest BCUT2D eigenvalue weighted by Crippen LogP contribution is 2.35. The van der Waals surface area contributed by atoms with E-state index in [4.69, 9.17) is 32.4 Å². The topological polar surface area (TPSA) is 76.1 Å². The lowest BCUT2D eigenvalue weighted by Crippen LogP contribution is -2.46. The molecule has 35 heavy (non-hydrogen) atoms. The fraction of sp³-hybridized carbons (Fsp3) is 0.192. The molecule has 0 amide bonds. The molecule has 1 aliphatic heterocycles. The zero-order valence-corrected chi connectivity index (χ0v) is 20.6. The molecule has 5 aromatic rings. The van der Waals surface area contributed by atoms with Crippen LogP contribution in [0.3, 0.4) is 0 Å². The lowest BCUT2D eigenvalue weighted by molar-refractivity contribution is 0.249. The van der Waals surface area contributed by atoms with Crippen molar-refractivity contribution < 1.29 is 0 Å². The standard InChI is InChI=1S/C26H24ClN7S/c27-19-10-8-18(9-11-19)17-32-12-14-33(15-13-32)26-29-23(21-7-4-16-35-21)22-24(28)34(31-25(22)30-26)20-5-2-1-3-6-20/h1-11,16H,12-15,17,28H2. The number of anilines is 2. The molecule has 6 rings (SSSR count). The zero-order valence-electron chi connectivity index (χ0n) is 19.0. The van der Waals surface area contributed by atoms with Crippen LogP contribution in [0, 0.1) is 0 Å². The third-order valence-corrected chi connectivity index (χ3v) is 7.42. The lowest BCUT2D eigenvalue weighted by atomic mass is 10.2. The van der Waals surface area contributed by atoms with Gasteiger partial charge in [-0.3, -0.25) is 4.90 Å². The van der Waals surface area contributed by atoms with Gasteiger partial charge in [0.2, 0.25) is 5.95 Å². The Morgan fingerprint density at radius 3 is 2.37 bits per heavy atom. The Kier molecular flexibility index (Phi) is 5.85. The highest BCUT2D eigenvalue weighted by Gasteiger charge is 2.24. The molecule has 7 nitrogen and oxygen atoms in total. The van der Waals surface area contributed by atoms with Crippen molar-refractivity contribution in [2.24, 2.45) is 0 Å². The fourth-order valence-corrected chi connectivity index (χ4v) is 5.30. The molecule has 176 valence electrons. The second-order valence-corrected chi connectivity index (χ2v) is 9.95. The van der Waals surface area contributed by atoms with E-state index in [0.717, 1.165) is 59.4 Å². The minimum absolute atomic E-state index is 0.550. The van der Waals surface area contributed by atoms with E-state index in [1.807, 2.05) is 48.5 Å². The molecule has 0 bridgehead atoms. The van der Waals surface area contributed by atoms with Crippen molar-refractivity contribution in [3.63, 3.8) is 0 Å². The number of rotatable bonds is 5. The summed E-state index contributed by atoms with van der Waals surface area (Å²) in [7, 11) is 0. The van der Waals surface area contributed by atoms with Gasteiger partial charge < -0.3 is 10.6 Å². The Morgan fingerprint density at radius 1 is 0.886 bits per heavy atom. The van der Waals surface area contributed by atoms with Gasteiger partial charge in [-0.15, -0.1) is 16.4 Å². The van der Waals surface area contributed by atoms with Gasteiger partial charge in [0.25, 0.3) is 0 Å². The number of benzene rings is 2. The second kappa shape index (κ2) is 9.30. The summed E-state index contributed by atoms with van der Waals surface area (Å²) in [6, 6.07) is 22.1.